The molecule has 3 aromatic rings. The lowest BCUT2D eigenvalue weighted by Gasteiger charge is -2.11. The highest BCUT2D eigenvalue weighted by atomic mass is 19.1. The molecule has 0 aliphatic rings. The van der Waals surface area contributed by atoms with Crippen LogP contribution in [0.1, 0.15) is 54.1 Å². The van der Waals surface area contributed by atoms with Crippen LogP contribution in [-0.2, 0) is 11.2 Å². The second-order valence-electron chi connectivity index (χ2n) is 5.80. The first kappa shape index (κ1) is 17.0. The molecule has 0 spiro atoms. The van der Waals surface area contributed by atoms with Crippen molar-refractivity contribution < 1.29 is 18.4 Å². The minimum Gasteiger partial charge on any atom is -0.449 e. The number of aryl methyl sites for hydroxylation is 2. The number of carbonyl (C=O) groups is 1. The maximum absolute atomic E-state index is 13.3. The van der Waals surface area contributed by atoms with E-state index in [-0.39, 0.29) is 11.7 Å². The van der Waals surface area contributed by atoms with Crippen molar-refractivity contribution in [3.63, 3.8) is 0 Å². The molecular weight excluding hydrogens is 325 g/mol. The Hall–Kier alpha value is -2.83. The Morgan fingerprint density at radius 1 is 1.32 bits per heavy atom. The van der Waals surface area contributed by atoms with E-state index in [1.807, 2.05) is 6.92 Å². The Morgan fingerprint density at radius 3 is 2.88 bits per heavy atom. The van der Waals surface area contributed by atoms with Crippen molar-refractivity contribution >= 4 is 16.9 Å². The van der Waals surface area contributed by atoms with Crippen LogP contribution in [0, 0.1) is 12.7 Å². The minimum absolute atomic E-state index is 0.255. The molecule has 7 heteroatoms. The van der Waals surface area contributed by atoms with Gasteiger partial charge in [-0.2, -0.15) is 4.98 Å². The van der Waals surface area contributed by atoms with Gasteiger partial charge in [-0.1, -0.05) is 12.1 Å². The second-order valence-corrected chi connectivity index (χ2v) is 5.80. The van der Waals surface area contributed by atoms with Crippen LogP contribution in [0.5, 0.6) is 0 Å². The molecule has 3 rings (SSSR count). The van der Waals surface area contributed by atoms with Crippen molar-refractivity contribution in [2.75, 3.05) is 0 Å². The molecule has 0 fully saturated rings. The number of nitrogens with zero attached hydrogens (tertiary/aromatic N) is 3. The summed E-state index contributed by atoms with van der Waals surface area (Å²) in [4.78, 5) is 21.0. The second kappa shape index (κ2) is 6.96. The number of hydrogen-bond donors (Lipinski definition) is 0. The van der Waals surface area contributed by atoms with E-state index in [1.54, 1.807) is 26.0 Å². The molecule has 130 valence electrons. The van der Waals surface area contributed by atoms with E-state index >= 15 is 0 Å². The molecule has 0 aliphatic heterocycles. The first-order valence-corrected chi connectivity index (χ1v) is 8.08. The topological polar surface area (TPSA) is 78.1 Å². The van der Waals surface area contributed by atoms with Gasteiger partial charge in [-0.15, -0.1) is 0 Å². The van der Waals surface area contributed by atoms with Crippen molar-refractivity contribution in [1.82, 2.24) is 15.1 Å². The monoisotopic (exact) mass is 343 g/mol. The predicted molar refractivity (Wildman–Crippen MR) is 88.6 cm³/mol. The summed E-state index contributed by atoms with van der Waals surface area (Å²) in [6, 6.07) is 5.87. The molecule has 0 saturated carbocycles. The van der Waals surface area contributed by atoms with Crippen LogP contribution in [0.4, 0.5) is 4.39 Å². The van der Waals surface area contributed by atoms with Crippen LogP contribution in [0.15, 0.2) is 28.8 Å². The molecule has 0 amide bonds. The minimum atomic E-state index is -0.672. The molecule has 2 heterocycles. The third kappa shape index (κ3) is 3.65. The molecule has 2 aromatic heterocycles. The maximum Gasteiger partial charge on any atom is 0.340 e. The van der Waals surface area contributed by atoms with Crippen molar-refractivity contribution in [3.05, 3.63) is 53.1 Å². The Bertz CT molecular complexity index is 923. The standard InChI is InChI=1S/C18H18FN3O3/c1-4-5-16-21-17(25-22-16)11(3)24-18(23)14-8-12-6-7-13(19)9-15(12)20-10(14)2/h6-9,11H,4-5H2,1-3H3/t11-/m1/s1. The van der Waals surface area contributed by atoms with E-state index in [4.69, 9.17) is 9.26 Å². The fourth-order valence-electron chi connectivity index (χ4n) is 2.48. The molecule has 6 nitrogen and oxygen atoms in total. The number of aromatic nitrogens is 3. The Balaban J connectivity index is 1.81. The van der Waals surface area contributed by atoms with Crippen molar-refractivity contribution in [2.45, 2.75) is 39.7 Å². The Kier molecular flexibility index (Phi) is 4.74. The average Bonchev–Trinajstić information content (AvgIpc) is 3.03. The largest absolute Gasteiger partial charge is 0.449 e. The molecule has 1 atom stereocenters. The van der Waals surface area contributed by atoms with Crippen LogP contribution in [-0.4, -0.2) is 21.1 Å². The molecule has 0 N–H and O–H groups in total. The first-order valence-electron chi connectivity index (χ1n) is 8.08. The van der Waals surface area contributed by atoms with Crippen LogP contribution >= 0.6 is 0 Å². The Labute approximate surface area is 144 Å². The van der Waals surface area contributed by atoms with Gasteiger partial charge < -0.3 is 9.26 Å². The van der Waals surface area contributed by atoms with E-state index < -0.39 is 12.1 Å². The predicted octanol–water partition coefficient (Wildman–Crippen LogP) is 3.94. The van der Waals surface area contributed by atoms with Crippen LogP contribution < -0.4 is 0 Å². The number of pyridine rings is 1. The summed E-state index contributed by atoms with van der Waals surface area (Å²) in [7, 11) is 0. The van der Waals surface area contributed by atoms with Gasteiger partial charge in [-0.3, -0.25) is 4.98 Å². The molecule has 0 saturated heterocycles. The molecule has 1 aromatic carbocycles. The van der Waals surface area contributed by atoms with Crippen molar-refractivity contribution in [2.24, 2.45) is 0 Å². The Morgan fingerprint density at radius 2 is 2.12 bits per heavy atom. The van der Waals surface area contributed by atoms with Gasteiger partial charge in [-0.05, 0) is 38.5 Å². The number of carbonyl (C=O) groups excluding carboxylic acids is 1. The van der Waals surface area contributed by atoms with Gasteiger partial charge in [0, 0.05) is 17.9 Å². The van der Waals surface area contributed by atoms with Gasteiger partial charge in [0.2, 0.25) is 0 Å². The molecule has 0 radical (unpaired) electrons. The van der Waals surface area contributed by atoms with Gasteiger partial charge in [-0.25, -0.2) is 9.18 Å². The van der Waals surface area contributed by atoms with E-state index in [1.165, 1.54) is 12.1 Å². The molecule has 0 unspecified atom stereocenters. The third-order valence-corrected chi connectivity index (χ3v) is 3.78. The number of fused-ring (bicyclic) bond motifs is 1. The first-order chi connectivity index (χ1) is 12.0. The zero-order valence-electron chi connectivity index (χ0n) is 14.2. The van der Waals surface area contributed by atoms with E-state index in [2.05, 4.69) is 15.1 Å². The summed E-state index contributed by atoms with van der Waals surface area (Å²) in [6.07, 6.45) is 0.929. The lowest BCUT2D eigenvalue weighted by atomic mass is 10.1. The number of halogens is 1. The summed E-state index contributed by atoms with van der Waals surface area (Å²) in [5.41, 5.74) is 1.27. The number of ether oxygens (including phenoxy) is 1. The van der Waals surface area contributed by atoms with Gasteiger partial charge in [0.15, 0.2) is 11.9 Å². The molecular formula is C18H18FN3O3. The highest BCUT2D eigenvalue weighted by molar-refractivity contribution is 5.95. The lowest BCUT2D eigenvalue weighted by Crippen LogP contribution is -2.12. The summed E-state index contributed by atoms with van der Waals surface area (Å²) in [5.74, 6) is -0.0714. The SMILES string of the molecule is CCCc1noc([C@@H](C)OC(=O)c2cc3ccc(F)cc3nc2C)n1. The third-order valence-electron chi connectivity index (χ3n) is 3.78. The van der Waals surface area contributed by atoms with E-state index in [9.17, 15) is 9.18 Å². The lowest BCUT2D eigenvalue weighted by molar-refractivity contribution is 0.0264. The van der Waals surface area contributed by atoms with Gasteiger partial charge in [0.05, 0.1) is 16.8 Å². The van der Waals surface area contributed by atoms with Gasteiger partial charge in [0.25, 0.3) is 5.89 Å². The van der Waals surface area contributed by atoms with Gasteiger partial charge in [0.1, 0.15) is 5.82 Å². The summed E-state index contributed by atoms with van der Waals surface area (Å²) < 4.78 is 23.8. The smallest absolute Gasteiger partial charge is 0.340 e. The molecule has 0 bridgehead atoms. The summed E-state index contributed by atoms with van der Waals surface area (Å²) >= 11 is 0. The number of esters is 1. The van der Waals surface area contributed by atoms with Crippen LogP contribution in [0.3, 0.4) is 0 Å². The molecule has 25 heavy (non-hydrogen) atoms. The number of benzene rings is 1. The maximum atomic E-state index is 13.3. The summed E-state index contributed by atoms with van der Waals surface area (Å²) in [5, 5.41) is 4.51. The van der Waals surface area contributed by atoms with E-state index in [0.717, 1.165) is 6.42 Å². The average molecular weight is 343 g/mol. The zero-order valence-corrected chi connectivity index (χ0v) is 14.2. The van der Waals surface area contributed by atoms with Crippen LogP contribution in [0.2, 0.25) is 0 Å². The zero-order chi connectivity index (χ0) is 18.0. The molecule has 0 aliphatic carbocycles. The highest BCUT2D eigenvalue weighted by Gasteiger charge is 2.21. The normalized spacial score (nSPS) is 12.3. The number of rotatable bonds is 5. The van der Waals surface area contributed by atoms with Crippen molar-refractivity contribution in [1.29, 1.82) is 0 Å². The summed E-state index contributed by atoms with van der Waals surface area (Å²) in [6.45, 7) is 5.36. The van der Waals surface area contributed by atoms with Gasteiger partial charge >= 0.3 is 5.97 Å². The fraction of sp³-hybridized carbons (Fsp3) is 0.333. The van der Waals surface area contributed by atoms with Crippen molar-refractivity contribution in [3.8, 4) is 0 Å². The number of hydrogen-bond acceptors (Lipinski definition) is 6. The van der Waals surface area contributed by atoms with E-state index in [0.29, 0.717) is 34.4 Å². The fourth-order valence-corrected chi connectivity index (χ4v) is 2.48. The van der Waals surface area contributed by atoms with Crippen LogP contribution in [0.25, 0.3) is 10.9 Å². The quantitative estimate of drug-likeness (QED) is 0.653. The highest BCUT2D eigenvalue weighted by Crippen LogP contribution is 2.22.